The molecule has 2 unspecified atom stereocenters. The molecule has 17 heavy (non-hydrogen) atoms. The topological polar surface area (TPSA) is 44.8 Å². The standard InChI is InChI=1S/C12H15O4Si/c1-3-10-7-12(16-17)8-11(15-10)6-9(13)4-5-14-2/h3-5,8,10-11H,1,6-7H2,2H3/b5-4+. The third-order valence-corrected chi connectivity index (χ3v) is 2.57. The van der Waals surface area contributed by atoms with Crippen LogP contribution in [0.4, 0.5) is 0 Å². The zero-order valence-corrected chi connectivity index (χ0v) is 10.7. The molecule has 5 heteroatoms. The second-order valence-electron chi connectivity index (χ2n) is 3.60. The molecule has 91 valence electrons. The Bertz CT molecular complexity index is 335. The van der Waals surface area contributed by atoms with Gasteiger partial charge >= 0.3 is 10.5 Å². The van der Waals surface area contributed by atoms with Gasteiger partial charge in [-0.15, -0.1) is 6.58 Å². The summed E-state index contributed by atoms with van der Waals surface area (Å²) in [5.74, 6) is 0.678. The van der Waals surface area contributed by atoms with Gasteiger partial charge in [-0.2, -0.15) is 0 Å². The fraction of sp³-hybridized carbons (Fsp3) is 0.417. The lowest BCUT2D eigenvalue weighted by molar-refractivity contribution is -0.117. The Morgan fingerprint density at radius 1 is 1.76 bits per heavy atom. The maximum atomic E-state index is 11.5. The highest BCUT2D eigenvalue weighted by atomic mass is 28.2. The average Bonchev–Trinajstić information content (AvgIpc) is 2.35. The van der Waals surface area contributed by atoms with Crippen molar-refractivity contribution in [1.29, 1.82) is 0 Å². The summed E-state index contributed by atoms with van der Waals surface area (Å²) in [6, 6.07) is 0. The minimum absolute atomic E-state index is 0.0638. The van der Waals surface area contributed by atoms with Crippen molar-refractivity contribution in [3.05, 3.63) is 36.8 Å². The van der Waals surface area contributed by atoms with Crippen LogP contribution in [0.3, 0.4) is 0 Å². The number of hydrogen-bond acceptors (Lipinski definition) is 4. The number of ketones is 1. The predicted octanol–water partition coefficient (Wildman–Crippen LogP) is 1.43. The normalized spacial score (nSPS) is 24.2. The van der Waals surface area contributed by atoms with E-state index in [0.717, 1.165) is 5.76 Å². The summed E-state index contributed by atoms with van der Waals surface area (Å²) in [5, 5.41) is 0. The molecule has 0 amide bonds. The lowest BCUT2D eigenvalue weighted by Gasteiger charge is -2.26. The summed E-state index contributed by atoms with van der Waals surface area (Å²) in [7, 11) is 4.47. The number of ether oxygens (including phenoxy) is 2. The average molecular weight is 251 g/mol. The van der Waals surface area contributed by atoms with Crippen LogP contribution < -0.4 is 0 Å². The van der Waals surface area contributed by atoms with Crippen molar-refractivity contribution >= 4 is 16.3 Å². The smallest absolute Gasteiger partial charge is 0.340 e. The van der Waals surface area contributed by atoms with Gasteiger partial charge in [-0.05, 0) is 6.08 Å². The number of carbonyl (C=O) groups is 1. The molecule has 4 nitrogen and oxygen atoms in total. The number of methoxy groups -OCH3 is 1. The van der Waals surface area contributed by atoms with Gasteiger partial charge in [0.15, 0.2) is 5.78 Å². The van der Waals surface area contributed by atoms with Crippen molar-refractivity contribution in [3.63, 3.8) is 0 Å². The molecule has 0 fully saturated rings. The highest BCUT2D eigenvalue weighted by molar-refractivity contribution is 5.98. The van der Waals surface area contributed by atoms with E-state index in [1.165, 1.54) is 19.4 Å². The van der Waals surface area contributed by atoms with Crippen molar-refractivity contribution in [2.45, 2.75) is 25.0 Å². The zero-order chi connectivity index (χ0) is 12.7. The van der Waals surface area contributed by atoms with Gasteiger partial charge in [0.1, 0.15) is 0 Å². The summed E-state index contributed by atoms with van der Waals surface area (Å²) in [5.41, 5.74) is 0. The van der Waals surface area contributed by atoms with Crippen LogP contribution in [-0.2, 0) is 18.7 Å². The zero-order valence-electron chi connectivity index (χ0n) is 9.72. The SMILES string of the molecule is C=CC1CC(O[Si])=CC(CC(=O)/C=C/OC)O1. The lowest BCUT2D eigenvalue weighted by atomic mass is 10.1. The Balaban J connectivity index is 2.60. The van der Waals surface area contributed by atoms with Gasteiger partial charge in [0.25, 0.3) is 0 Å². The summed E-state index contributed by atoms with van der Waals surface area (Å²) in [6.45, 7) is 3.67. The van der Waals surface area contributed by atoms with E-state index >= 15 is 0 Å². The molecule has 1 rings (SSSR count). The van der Waals surface area contributed by atoms with Gasteiger partial charge in [0, 0.05) is 18.9 Å². The van der Waals surface area contributed by atoms with E-state index in [9.17, 15) is 4.79 Å². The molecule has 3 radical (unpaired) electrons. The monoisotopic (exact) mass is 251 g/mol. The van der Waals surface area contributed by atoms with Crippen LogP contribution >= 0.6 is 0 Å². The van der Waals surface area contributed by atoms with E-state index in [-0.39, 0.29) is 24.4 Å². The van der Waals surface area contributed by atoms with Crippen molar-refractivity contribution in [2.24, 2.45) is 0 Å². The number of hydrogen-bond donors (Lipinski definition) is 0. The van der Waals surface area contributed by atoms with Gasteiger partial charge in [-0.25, -0.2) is 0 Å². The predicted molar refractivity (Wildman–Crippen MR) is 64.2 cm³/mol. The van der Waals surface area contributed by atoms with Crippen LogP contribution in [0.15, 0.2) is 36.8 Å². The molecular weight excluding hydrogens is 236 g/mol. The van der Waals surface area contributed by atoms with Crippen LogP contribution in [0.1, 0.15) is 12.8 Å². The Kier molecular flexibility index (Phi) is 5.72. The first-order valence-corrected chi connectivity index (χ1v) is 5.65. The number of rotatable bonds is 6. The molecular formula is C12H15O4Si. The third kappa shape index (κ3) is 4.58. The highest BCUT2D eigenvalue weighted by Crippen LogP contribution is 2.22. The first-order chi connectivity index (χ1) is 8.19. The Labute approximate surface area is 104 Å². The fourth-order valence-corrected chi connectivity index (χ4v) is 1.67. The summed E-state index contributed by atoms with van der Waals surface area (Å²) in [6.07, 6.45) is 6.65. The van der Waals surface area contributed by atoms with Crippen LogP contribution in [0.2, 0.25) is 0 Å². The second kappa shape index (κ2) is 7.08. The van der Waals surface area contributed by atoms with Crippen LogP contribution in [0, 0.1) is 0 Å². The quantitative estimate of drug-likeness (QED) is 0.310. The maximum absolute atomic E-state index is 11.5. The van der Waals surface area contributed by atoms with Gasteiger partial charge in [-0.3, -0.25) is 4.79 Å². The highest BCUT2D eigenvalue weighted by Gasteiger charge is 2.22. The summed E-state index contributed by atoms with van der Waals surface area (Å²) < 4.78 is 15.3. The fourth-order valence-electron chi connectivity index (χ4n) is 1.52. The Hall–Kier alpha value is -1.33. The van der Waals surface area contributed by atoms with Crippen molar-refractivity contribution < 1.29 is 18.7 Å². The second-order valence-corrected chi connectivity index (χ2v) is 3.80. The third-order valence-electron chi connectivity index (χ3n) is 2.31. The molecule has 0 N–H and O–H groups in total. The first-order valence-electron chi connectivity index (χ1n) is 5.24. The molecule has 0 aliphatic carbocycles. The molecule has 0 spiro atoms. The van der Waals surface area contributed by atoms with Crippen LogP contribution in [0.5, 0.6) is 0 Å². The molecule has 1 aliphatic heterocycles. The summed E-state index contributed by atoms with van der Waals surface area (Å²) in [4.78, 5) is 11.5. The van der Waals surface area contributed by atoms with Gasteiger partial charge in [0.05, 0.1) is 31.3 Å². The van der Waals surface area contributed by atoms with Crippen molar-refractivity contribution in [3.8, 4) is 0 Å². The Morgan fingerprint density at radius 3 is 3.12 bits per heavy atom. The van der Waals surface area contributed by atoms with E-state index < -0.39 is 0 Å². The molecule has 0 aromatic carbocycles. The van der Waals surface area contributed by atoms with Crippen molar-refractivity contribution in [1.82, 2.24) is 0 Å². The van der Waals surface area contributed by atoms with E-state index in [1.54, 1.807) is 12.2 Å². The molecule has 0 aromatic rings. The van der Waals surface area contributed by atoms with Gasteiger partial charge < -0.3 is 13.9 Å². The van der Waals surface area contributed by atoms with Gasteiger partial charge in [0.2, 0.25) is 0 Å². The minimum Gasteiger partial charge on any atom is -0.544 e. The van der Waals surface area contributed by atoms with Crippen molar-refractivity contribution in [2.75, 3.05) is 7.11 Å². The molecule has 0 saturated heterocycles. The van der Waals surface area contributed by atoms with Crippen LogP contribution in [0.25, 0.3) is 0 Å². The van der Waals surface area contributed by atoms with Crippen LogP contribution in [-0.4, -0.2) is 35.6 Å². The molecule has 1 heterocycles. The van der Waals surface area contributed by atoms with Gasteiger partial charge in [-0.1, -0.05) is 6.08 Å². The summed E-state index contributed by atoms with van der Waals surface area (Å²) >= 11 is 0. The van der Waals surface area contributed by atoms with E-state index in [1.807, 2.05) is 0 Å². The molecule has 0 saturated carbocycles. The number of allylic oxidation sites excluding steroid dienone is 1. The lowest BCUT2D eigenvalue weighted by Crippen LogP contribution is -2.27. The maximum Gasteiger partial charge on any atom is 0.340 e. The number of carbonyl (C=O) groups excluding carboxylic acids is 1. The minimum atomic E-state index is -0.299. The van der Waals surface area contributed by atoms with E-state index in [0.29, 0.717) is 6.42 Å². The van der Waals surface area contributed by atoms with E-state index in [4.69, 9.17) is 9.16 Å². The first kappa shape index (κ1) is 13.7. The largest absolute Gasteiger partial charge is 0.544 e. The Morgan fingerprint density at radius 2 is 2.53 bits per heavy atom. The molecule has 0 bridgehead atoms. The molecule has 1 aliphatic rings. The molecule has 2 atom stereocenters. The molecule has 0 aromatic heterocycles. The van der Waals surface area contributed by atoms with E-state index in [2.05, 4.69) is 21.8 Å².